The van der Waals surface area contributed by atoms with Gasteiger partial charge in [0.1, 0.15) is 5.82 Å². The molecule has 2 fully saturated rings. The molecule has 6 nitrogen and oxygen atoms in total. The van der Waals surface area contributed by atoms with E-state index >= 15 is 0 Å². The van der Waals surface area contributed by atoms with Gasteiger partial charge in [0.05, 0.1) is 6.61 Å². The second kappa shape index (κ2) is 9.43. The van der Waals surface area contributed by atoms with E-state index < -0.39 is 10.2 Å². The van der Waals surface area contributed by atoms with E-state index in [0.717, 1.165) is 25.8 Å². The Bertz CT molecular complexity index is 714. The van der Waals surface area contributed by atoms with Gasteiger partial charge in [-0.25, -0.2) is 4.39 Å². The van der Waals surface area contributed by atoms with Gasteiger partial charge < -0.3 is 4.74 Å². The van der Waals surface area contributed by atoms with Crippen LogP contribution in [0.4, 0.5) is 4.39 Å². The zero-order chi connectivity index (χ0) is 19.3. The molecule has 2 aliphatic rings. The van der Waals surface area contributed by atoms with Crippen molar-refractivity contribution in [1.29, 1.82) is 0 Å². The van der Waals surface area contributed by atoms with Crippen molar-refractivity contribution in [1.82, 2.24) is 13.5 Å². The minimum absolute atomic E-state index is 0.205. The predicted molar refractivity (Wildman–Crippen MR) is 103 cm³/mol. The molecule has 0 radical (unpaired) electrons. The molecule has 1 atom stereocenters. The molecule has 0 aromatic heterocycles. The molecule has 152 valence electrons. The Hall–Kier alpha value is -1.06. The molecule has 2 heterocycles. The second-order valence-electron chi connectivity index (χ2n) is 7.45. The number of rotatable bonds is 6. The maximum atomic E-state index is 13.9. The molecule has 2 aliphatic heterocycles. The van der Waals surface area contributed by atoms with Gasteiger partial charge in [0.25, 0.3) is 10.2 Å². The van der Waals surface area contributed by atoms with E-state index in [2.05, 4.69) is 4.90 Å². The smallest absolute Gasteiger partial charge is 0.282 e. The summed E-state index contributed by atoms with van der Waals surface area (Å²) in [5, 5.41) is 0. The highest BCUT2D eigenvalue weighted by Gasteiger charge is 2.34. The van der Waals surface area contributed by atoms with Crippen LogP contribution in [0.2, 0.25) is 0 Å². The lowest BCUT2D eigenvalue weighted by molar-refractivity contribution is 0.116. The van der Waals surface area contributed by atoms with Crippen LogP contribution < -0.4 is 0 Å². The monoisotopic (exact) mass is 399 g/mol. The highest BCUT2D eigenvalue weighted by Crippen LogP contribution is 2.22. The van der Waals surface area contributed by atoms with Crippen molar-refractivity contribution in [3.05, 3.63) is 35.6 Å². The van der Waals surface area contributed by atoms with Crippen molar-refractivity contribution in [3.8, 4) is 0 Å². The fourth-order valence-electron chi connectivity index (χ4n) is 3.98. The third kappa shape index (κ3) is 5.26. The summed E-state index contributed by atoms with van der Waals surface area (Å²) in [6.45, 7) is 4.57. The number of halogens is 1. The summed E-state index contributed by atoms with van der Waals surface area (Å²) in [5.41, 5.74) is 0.659. The van der Waals surface area contributed by atoms with E-state index in [0.29, 0.717) is 51.4 Å². The van der Waals surface area contributed by atoms with Gasteiger partial charge in [-0.05, 0) is 37.8 Å². The van der Waals surface area contributed by atoms with Crippen molar-refractivity contribution in [3.63, 3.8) is 0 Å². The molecule has 0 N–H and O–H groups in total. The molecule has 3 rings (SSSR count). The van der Waals surface area contributed by atoms with Crippen molar-refractivity contribution in [2.24, 2.45) is 5.92 Å². The van der Waals surface area contributed by atoms with E-state index in [1.807, 2.05) is 6.07 Å². The van der Waals surface area contributed by atoms with Crippen molar-refractivity contribution in [2.75, 3.05) is 53.0 Å². The summed E-state index contributed by atoms with van der Waals surface area (Å²) in [6.07, 6.45) is 2.64. The van der Waals surface area contributed by atoms with Gasteiger partial charge in [-0.3, -0.25) is 4.90 Å². The highest BCUT2D eigenvalue weighted by molar-refractivity contribution is 7.86. The highest BCUT2D eigenvalue weighted by atomic mass is 32.2. The molecule has 27 heavy (non-hydrogen) atoms. The first kappa shape index (κ1) is 20.7. The minimum atomic E-state index is -3.45. The van der Waals surface area contributed by atoms with Crippen molar-refractivity contribution >= 4 is 10.2 Å². The SMILES string of the molecule is COCC1CCCN(S(=O)(=O)N2CCCN(Cc3ccccc3F)CC2)C1. The van der Waals surface area contributed by atoms with Gasteiger partial charge in [-0.1, -0.05) is 18.2 Å². The molecule has 0 bridgehead atoms. The van der Waals surface area contributed by atoms with Gasteiger partial charge in [0, 0.05) is 51.9 Å². The van der Waals surface area contributed by atoms with Crippen LogP contribution in [0.15, 0.2) is 24.3 Å². The van der Waals surface area contributed by atoms with Gasteiger partial charge in [-0.15, -0.1) is 0 Å². The molecule has 0 spiro atoms. The number of methoxy groups -OCH3 is 1. The Labute approximate surface area is 162 Å². The first-order valence-corrected chi connectivity index (χ1v) is 11.1. The van der Waals surface area contributed by atoms with Crippen LogP contribution in [0.5, 0.6) is 0 Å². The summed E-state index contributed by atoms with van der Waals surface area (Å²) in [7, 11) is -1.79. The third-order valence-corrected chi connectivity index (χ3v) is 7.44. The Morgan fingerprint density at radius 3 is 2.63 bits per heavy atom. The minimum Gasteiger partial charge on any atom is -0.384 e. The molecule has 2 saturated heterocycles. The number of benzene rings is 1. The molecular weight excluding hydrogens is 369 g/mol. The van der Waals surface area contributed by atoms with Crippen LogP contribution in [0, 0.1) is 11.7 Å². The van der Waals surface area contributed by atoms with E-state index in [-0.39, 0.29) is 11.7 Å². The van der Waals surface area contributed by atoms with Crippen LogP contribution in [0.25, 0.3) is 0 Å². The molecule has 1 aromatic carbocycles. The maximum Gasteiger partial charge on any atom is 0.282 e. The molecule has 1 unspecified atom stereocenters. The normalized spacial score (nSPS) is 24.0. The van der Waals surface area contributed by atoms with Gasteiger partial charge >= 0.3 is 0 Å². The number of hydrogen-bond acceptors (Lipinski definition) is 4. The fourth-order valence-corrected chi connectivity index (χ4v) is 5.73. The Balaban J connectivity index is 1.60. The van der Waals surface area contributed by atoms with Gasteiger partial charge in [-0.2, -0.15) is 17.0 Å². The van der Waals surface area contributed by atoms with Gasteiger partial charge in [0.2, 0.25) is 0 Å². The van der Waals surface area contributed by atoms with E-state index in [1.165, 1.54) is 6.07 Å². The Morgan fingerprint density at radius 1 is 1.07 bits per heavy atom. The summed E-state index contributed by atoms with van der Waals surface area (Å²) >= 11 is 0. The maximum absolute atomic E-state index is 13.9. The first-order chi connectivity index (χ1) is 13.0. The largest absolute Gasteiger partial charge is 0.384 e. The predicted octanol–water partition coefficient (Wildman–Crippen LogP) is 1.94. The summed E-state index contributed by atoms with van der Waals surface area (Å²) in [5.74, 6) is 0.0618. The summed E-state index contributed by atoms with van der Waals surface area (Å²) < 4.78 is 48.5. The third-order valence-electron chi connectivity index (χ3n) is 5.44. The zero-order valence-electron chi connectivity index (χ0n) is 16.0. The average molecular weight is 400 g/mol. The topological polar surface area (TPSA) is 53.1 Å². The lowest BCUT2D eigenvalue weighted by Crippen LogP contribution is -2.49. The van der Waals surface area contributed by atoms with Crippen molar-refractivity contribution < 1.29 is 17.5 Å². The van der Waals surface area contributed by atoms with Crippen molar-refractivity contribution in [2.45, 2.75) is 25.8 Å². The van der Waals surface area contributed by atoms with Crippen LogP contribution >= 0.6 is 0 Å². The number of hydrogen-bond donors (Lipinski definition) is 0. The summed E-state index contributed by atoms with van der Waals surface area (Å²) in [4.78, 5) is 2.14. The molecule has 0 saturated carbocycles. The Morgan fingerprint density at radius 2 is 1.85 bits per heavy atom. The van der Waals surface area contributed by atoms with Gasteiger partial charge in [0.15, 0.2) is 0 Å². The molecule has 1 aromatic rings. The zero-order valence-corrected chi connectivity index (χ0v) is 16.8. The van der Waals surface area contributed by atoms with Crippen LogP contribution in [0.1, 0.15) is 24.8 Å². The van der Waals surface area contributed by atoms with Crippen LogP contribution in [-0.2, 0) is 21.5 Å². The molecule has 0 aliphatic carbocycles. The summed E-state index contributed by atoms with van der Waals surface area (Å²) in [6, 6.07) is 6.78. The van der Waals surface area contributed by atoms with E-state index in [9.17, 15) is 12.8 Å². The molecule has 0 amide bonds. The molecule has 8 heteroatoms. The standard InChI is InChI=1S/C19H30FN3O3S/c1-26-16-17-6-4-10-23(14-17)27(24,25)22-11-5-9-21(12-13-22)15-18-7-2-3-8-19(18)20/h2-3,7-8,17H,4-6,9-16H2,1H3. The Kier molecular flexibility index (Phi) is 7.22. The second-order valence-corrected chi connectivity index (χ2v) is 9.38. The van der Waals surface area contributed by atoms with E-state index in [4.69, 9.17) is 4.74 Å². The lowest BCUT2D eigenvalue weighted by atomic mass is 10.0. The fraction of sp³-hybridized carbons (Fsp3) is 0.684. The average Bonchev–Trinajstić information content (AvgIpc) is 2.90. The van der Waals surface area contributed by atoms with Crippen LogP contribution in [0.3, 0.4) is 0 Å². The first-order valence-electron chi connectivity index (χ1n) is 9.70. The number of piperidine rings is 1. The lowest BCUT2D eigenvalue weighted by Gasteiger charge is -2.35. The van der Waals surface area contributed by atoms with Crippen LogP contribution in [-0.4, -0.2) is 74.9 Å². The number of nitrogens with zero attached hydrogens (tertiary/aromatic N) is 3. The molecular formula is C19H30FN3O3S. The van der Waals surface area contributed by atoms with E-state index in [1.54, 1.807) is 27.9 Å². The number of ether oxygens (including phenoxy) is 1. The quantitative estimate of drug-likeness (QED) is 0.734.